The van der Waals surface area contributed by atoms with E-state index in [2.05, 4.69) is 21.5 Å². The van der Waals surface area contributed by atoms with Crippen LogP contribution in [0.15, 0.2) is 36.8 Å². The first-order valence-electron chi connectivity index (χ1n) is 10.7. The Balaban J connectivity index is 1.39. The highest BCUT2D eigenvalue weighted by atomic mass is 16.5. The first kappa shape index (κ1) is 22.5. The third-order valence-electron chi connectivity index (χ3n) is 5.44. The highest BCUT2D eigenvalue weighted by Gasteiger charge is 2.25. The van der Waals surface area contributed by atoms with Gasteiger partial charge in [0.05, 0.1) is 30.2 Å². The van der Waals surface area contributed by atoms with Gasteiger partial charge in [-0.05, 0) is 38.0 Å². The van der Waals surface area contributed by atoms with Crippen LogP contribution in [0.2, 0.25) is 0 Å². The number of aromatic nitrogens is 3. The lowest BCUT2D eigenvalue weighted by Crippen LogP contribution is -2.21. The highest BCUT2D eigenvalue weighted by molar-refractivity contribution is 5.93. The van der Waals surface area contributed by atoms with Gasteiger partial charge in [-0.2, -0.15) is 10.4 Å². The lowest BCUT2D eigenvalue weighted by atomic mass is 9.95. The standard InChI is InChI=1S/C24H25N5O4/c1-14(2)33-22-6-23(27-10-17(22)7-25)29-12-16(9-28-29)8-26-11-21(30)18-4-5-19-20(15(18)3)13-32-24(19)31/h4-6,9-10,12,14,21,26,30H,8,11,13H2,1-3H3. The van der Waals surface area contributed by atoms with Crippen LogP contribution < -0.4 is 10.1 Å². The van der Waals surface area contributed by atoms with E-state index >= 15 is 0 Å². The number of cyclic esters (lactones) is 1. The number of fused-ring (bicyclic) bond motifs is 1. The van der Waals surface area contributed by atoms with Crippen LogP contribution in [-0.4, -0.2) is 38.5 Å². The number of aliphatic hydroxyl groups is 1. The quantitative estimate of drug-likeness (QED) is 0.506. The van der Waals surface area contributed by atoms with Crippen molar-refractivity contribution < 1.29 is 19.4 Å². The predicted molar refractivity (Wildman–Crippen MR) is 119 cm³/mol. The SMILES string of the molecule is Cc1c(C(O)CNCc2cnn(-c3cc(OC(C)C)c(C#N)cn3)c2)ccc2c1COC2=O. The molecule has 0 fully saturated rings. The molecule has 0 radical (unpaired) electrons. The number of nitriles is 1. The monoisotopic (exact) mass is 447 g/mol. The van der Waals surface area contributed by atoms with E-state index in [1.54, 1.807) is 29.1 Å². The van der Waals surface area contributed by atoms with Gasteiger partial charge in [-0.15, -0.1) is 0 Å². The summed E-state index contributed by atoms with van der Waals surface area (Å²) in [6.07, 6.45) is 4.22. The molecule has 1 aromatic carbocycles. The van der Waals surface area contributed by atoms with Crippen LogP contribution in [0.3, 0.4) is 0 Å². The van der Waals surface area contributed by atoms with E-state index in [1.165, 1.54) is 6.20 Å². The Bertz CT molecular complexity index is 1230. The number of rotatable bonds is 8. The molecule has 3 aromatic rings. The Morgan fingerprint density at radius 3 is 2.94 bits per heavy atom. The number of benzene rings is 1. The maximum Gasteiger partial charge on any atom is 0.338 e. The van der Waals surface area contributed by atoms with Crippen molar-refractivity contribution in [2.75, 3.05) is 6.54 Å². The second-order valence-corrected chi connectivity index (χ2v) is 8.14. The summed E-state index contributed by atoms with van der Waals surface area (Å²) >= 11 is 0. The van der Waals surface area contributed by atoms with E-state index in [9.17, 15) is 15.2 Å². The third kappa shape index (κ3) is 4.72. The first-order valence-corrected chi connectivity index (χ1v) is 10.7. The molecule has 0 aliphatic carbocycles. The number of esters is 1. The van der Waals surface area contributed by atoms with E-state index in [4.69, 9.17) is 9.47 Å². The fraction of sp³-hybridized carbons (Fsp3) is 0.333. The van der Waals surface area contributed by atoms with Crippen LogP contribution in [0.1, 0.15) is 58.1 Å². The highest BCUT2D eigenvalue weighted by Crippen LogP contribution is 2.29. The molecule has 0 bridgehead atoms. The summed E-state index contributed by atoms with van der Waals surface area (Å²) in [6, 6.07) is 7.26. The van der Waals surface area contributed by atoms with Crippen molar-refractivity contribution >= 4 is 5.97 Å². The van der Waals surface area contributed by atoms with Gasteiger partial charge in [0.1, 0.15) is 24.0 Å². The maximum atomic E-state index is 11.7. The summed E-state index contributed by atoms with van der Waals surface area (Å²) < 4.78 is 12.4. The molecule has 33 heavy (non-hydrogen) atoms. The molecule has 3 heterocycles. The molecule has 9 heteroatoms. The van der Waals surface area contributed by atoms with Gasteiger partial charge in [-0.3, -0.25) is 0 Å². The minimum atomic E-state index is -0.725. The zero-order valence-corrected chi connectivity index (χ0v) is 18.7. The second kappa shape index (κ2) is 9.40. The Hall–Kier alpha value is -3.74. The summed E-state index contributed by atoms with van der Waals surface area (Å²) in [7, 11) is 0. The molecule has 2 N–H and O–H groups in total. The molecule has 0 amide bonds. The van der Waals surface area contributed by atoms with Crippen LogP contribution in [0, 0.1) is 18.3 Å². The summed E-state index contributed by atoms with van der Waals surface area (Å²) in [4.78, 5) is 16.0. The van der Waals surface area contributed by atoms with Gasteiger partial charge in [-0.25, -0.2) is 14.5 Å². The number of carbonyl (C=O) groups excluding carboxylic acids is 1. The van der Waals surface area contributed by atoms with Crippen molar-refractivity contribution in [2.45, 2.75) is 46.1 Å². The molecule has 170 valence electrons. The Morgan fingerprint density at radius 1 is 1.36 bits per heavy atom. The van der Waals surface area contributed by atoms with Crippen LogP contribution in [-0.2, 0) is 17.9 Å². The number of pyridine rings is 1. The predicted octanol–water partition coefficient (Wildman–Crippen LogP) is 2.73. The molecule has 0 saturated heterocycles. The Morgan fingerprint density at radius 2 is 2.18 bits per heavy atom. The van der Waals surface area contributed by atoms with E-state index in [0.29, 0.717) is 35.8 Å². The van der Waals surface area contributed by atoms with Gasteiger partial charge in [0.15, 0.2) is 5.82 Å². The van der Waals surface area contributed by atoms with Gasteiger partial charge in [0.25, 0.3) is 0 Å². The summed E-state index contributed by atoms with van der Waals surface area (Å²) in [6.45, 7) is 6.76. The average Bonchev–Trinajstić information content (AvgIpc) is 3.41. The van der Waals surface area contributed by atoms with Crippen LogP contribution >= 0.6 is 0 Å². The zero-order chi connectivity index (χ0) is 23.5. The number of hydrogen-bond donors (Lipinski definition) is 2. The minimum Gasteiger partial charge on any atom is -0.489 e. The second-order valence-electron chi connectivity index (χ2n) is 8.14. The zero-order valence-electron chi connectivity index (χ0n) is 18.7. The molecule has 1 aliphatic rings. The van der Waals surface area contributed by atoms with Crippen molar-refractivity contribution in [1.29, 1.82) is 5.26 Å². The van der Waals surface area contributed by atoms with Crippen molar-refractivity contribution in [1.82, 2.24) is 20.1 Å². The minimum absolute atomic E-state index is 0.0708. The van der Waals surface area contributed by atoms with E-state index in [0.717, 1.165) is 22.3 Å². The molecule has 1 atom stereocenters. The Kier molecular flexibility index (Phi) is 6.40. The summed E-state index contributed by atoms with van der Waals surface area (Å²) in [5.74, 6) is 0.693. The molecule has 4 rings (SSSR count). The third-order valence-corrected chi connectivity index (χ3v) is 5.44. The van der Waals surface area contributed by atoms with Crippen molar-refractivity contribution in [2.24, 2.45) is 0 Å². The number of aliphatic hydroxyl groups excluding tert-OH is 1. The number of nitrogens with one attached hydrogen (secondary N) is 1. The number of hydrogen-bond acceptors (Lipinski definition) is 8. The van der Waals surface area contributed by atoms with E-state index < -0.39 is 6.10 Å². The first-order chi connectivity index (χ1) is 15.9. The lowest BCUT2D eigenvalue weighted by Gasteiger charge is -2.16. The number of ether oxygens (including phenoxy) is 2. The lowest BCUT2D eigenvalue weighted by molar-refractivity contribution is 0.0535. The average molecular weight is 447 g/mol. The van der Waals surface area contributed by atoms with Crippen LogP contribution in [0.25, 0.3) is 5.82 Å². The fourth-order valence-electron chi connectivity index (χ4n) is 3.76. The number of carbonyl (C=O) groups is 1. The van der Waals surface area contributed by atoms with Crippen molar-refractivity contribution in [3.05, 3.63) is 70.2 Å². The fourth-order valence-corrected chi connectivity index (χ4v) is 3.76. The van der Waals surface area contributed by atoms with Crippen molar-refractivity contribution in [3.8, 4) is 17.6 Å². The van der Waals surface area contributed by atoms with Gasteiger partial charge in [0.2, 0.25) is 0 Å². The molecule has 1 aliphatic heterocycles. The molecule has 9 nitrogen and oxygen atoms in total. The molecule has 1 unspecified atom stereocenters. The van der Waals surface area contributed by atoms with Gasteiger partial charge >= 0.3 is 5.97 Å². The maximum absolute atomic E-state index is 11.7. The van der Waals surface area contributed by atoms with Gasteiger partial charge < -0.3 is 19.9 Å². The van der Waals surface area contributed by atoms with Crippen LogP contribution in [0.5, 0.6) is 5.75 Å². The normalized spacial score (nSPS) is 13.5. The molecule has 0 spiro atoms. The Labute approximate surface area is 191 Å². The van der Waals surface area contributed by atoms with E-state index in [1.807, 2.05) is 27.0 Å². The molecule has 2 aromatic heterocycles. The summed E-state index contributed by atoms with van der Waals surface area (Å²) in [5.41, 5.74) is 4.34. The molecule has 0 saturated carbocycles. The van der Waals surface area contributed by atoms with Crippen LogP contribution in [0.4, 0.5) is 0 Å². The van der Waals surface area contributed by atoms with Gasteiger partial charge in [0, 0.05) is 36.5 Å². The van der Waals surface area contributed by atoms with Crippen molar-refractivity contribution in [3.63, 3.8) is 0 Å². The smallest absolute Gasteiger partial charge is 0.338 e. The topological polar surface area (TPSA) is 122 Å². The molecular formula is C24H25N5O4. The van der Waals surface area contributed by atoms with Gasteiger partial charge in [-0.1, -0.05) is 6.07 Å². The largest absolute Gasteiger partial charge is 0.489 e. The molecular weight excluding hydrogens is 422 g/mol. The summed E-state index contributed by atoms with van der Waals surface area (Å²) in [5, 5.41) is 27.5. The number of nitrogens with zero attached hydrogens (tertiary/aromatic N) is 4. The van der Waals surface area contributed by atoms with E-state index in [-0.39, 0.29) is 18.7 Å².